The van der Waals surface area contributed by atoms with Gasteiger partial charge < -0.3 is 10.6 Å². The molecule has 1 spiro atoms. The number of amides is 3. The van der Waals surface area contributed by atoms with Gasteiger partial charge in [0, 0.05) is 11.6 Å². The van der Waals surface area contributed by atoms with Gasteiger partial charge in [-0.2, -0.15) is 0 Å². The number of nitrogens with zero attached hydrogens (tertiary/aromatic N) is 1. The number of imide groups is 1. The lowest BCUT2D eigenvalue weighted by molar-refractivity contribution is -0.704. The molecule has 3 amide bonds. The van der Waals surface area contributed by atoms with Crippen LogP contribution in [0.4, 0.5) is 5.69 Å². The monoisotopic (exact) mass is 340 g/mol. The molecular weight excluding hydrogens is 318 g/mol. The Morgan fingerprint density at radius 2 is 1.80 bits per heavy atom. The van der Waals surface area contributed by atoms with Gasteiger partial charge in [-0.3, -0.25) is 19.3 Å². The highest BCUT2D eigenvalue weighted by Crippen LogP contribution is 2.48. The third kappa shape index (κ3) is 1.80. The second kappa shape index (κ2) is 5.14. The summed E-state index contributed by atoms with van der Waals surface area (Å²) in [5.74, 6) is -1.32. The number of rotatable bonds is 1. The topological polar surface area (TPSA) is 83.1 Å². The number of hydrogen-bond acceptors (Lipinski definition) is 3. The summed E-state index contributed by atoms with van der Waals surface area (Å²) in [6.45, 7) is 0.500. The van der Waals surface area contributed by atoms with E-state index in [4.69, 9.17) is 0 Å². The third-order valence-corrected chi connectivity index (χ3v) is 6.58. The van der Waals surface area contributed by atoms with Crippen LogP contribution in [0.5, 0.6) is 0 Å². The van der Waals surface area contributed by atoms with E-state index in [1.807, 2.05) is 29.6 Å². The third-order valence-electron chi connectivity index (χ3n) is 6.58. The molecule has 4 aliphatic rings. The van der Waals surface area contributed by atoms with Crippen molar-refractivity contribution in [1.82, 2.24) is 4.90 Å². The van der Waals surface area contributed by atoms with E-state index in [-0.39, 0.29) is 29.7 Å². The van der Waals surface area contributed by atoms with E-state index in [2.05, 4.69) is 5.32 Å². The normalized spacial score (nSPS) is 34.6. The number of benzene rings is 1. The quantitative estimate of drug-likeness (QED) is 0.724. The first-order valence-corrected chi connectivity index (χ1v) is 9.27. The lowest BCUT2D eigenvalue weighted by Crippen LogP contribution is -2.95. The molecule has 130 valence electrons. The summed E-state index contributed by atoms with van der Waals surface area (Å²) >= 11 is 0. The molecule has 1 saturated carbocycles. The van der Waals surface area contributed by atoms with Gasteiger partial charge in [-0.15, -0.1) is 0 Å². The maximum absolute atomic E-state index is 13.3. The number of quaternary nitrogens is 1. The molecule has 3 N–H and O–H groups in total. The van der Waals surface area contributed by atoms with E-state index in [9.17, 15) is 14.4 Å². The largest absolute Gasteiger partial charge is 0.328 e. The van der Waals surface area contributed by atoms with E-state index in [1.54, 1.807) is 0 Å². The molecule has 3 heterocycles. The Bertz CT molecular complexity index is 786. The molecule has 2 saturated heterocycles. The van der Waals surface area contributed by atoms with Gasteiger partial charge in [-0.1, -0.05) is 37.5 Å². The molecule has 6 nitrogen and oxygen atoms in total. The minimum Gasteiger partial charge on any atom is -0.328 e. The minimum absolute atomic E-state index is 0.0242. The number of nitrogens with two attached hydrogens (primary N) is 1. The van der Waals surface area contributed by atoms with Gasteiger partial charge in [0.15, 0.2) is 0 Å². The Balaban J connectivity index is 1.57. The van der Waals surface area contributed by atoms with Crippen molar-refractivity contribution >= 4 is 23.4 Å². The van der Waals surface area contributed by atoms with Crippen LogP contribution in [-0.2, 0) is 19.9 Å². The van der Waals surface area contributed by atoms with Crippen molar-refractivity contribution in [3.63, 3.8) is 0 Å². The van der Waals surface area contributed by atoms with Crippen molar-refractivity contribution in [2.24, 2.45) is 11.8 Å². The highest BCUT2D eigenvalue weighted by molar-refractivity contribution is 6.13. The molecule has 3 aliphatic heterocycles. The van der Waals surface area contributed by atoms with E-state index in [0.29, 0.717) is 6.54 Å². The molecule has 1 aromatic rings. The number of hydrogen-bond donors (Lipinski definition) is 2. The van der Waals surface area contributed by atoms with Gasteiger partial charge in [0.1, 0.15) is 11.8 Å². The molecule has 0 radical (unpaired) electrons. The summed E-state index contributed by atoms with van der Waals surface area (Å²) in [6.07, 6.45) is 5.11. The Morgan fingerprint density at radius 1 is 1.04 bits per heavy atom. The molecule has 3 fully saturated rings. The highest BCUT2D eigenvalue weighted by Gasteiger charge is 2.71. The number of anilines is 1. The van der Waals surface area contributed by atoms with Gasteiger partial charge in [-0.25, -0.2) is 0 Å². The van der Waals surface area contributed by atoms with Crippen molar-refractivity contribution in [3.8, 4) is 0 Å². The second-order valence-corrected chi connectivity index (χ2v) is 7.73. The Labute approximate surface area is 145 Å². The van der Waals surface area contributed by atoms with Gasteiger partial charge in [0.2, 0.25) is 17.4 Å². The Kier molecular flexibility index (Phi) is 3.10. The molecule has 6 heteroatoms. The average molecular weight is 340 g/mol. The smallest absolute Gasteiger partial charge is 0.291 e. The second-order valence-electron chi connectivity index (χ2n) is 7.73. The molecule has 1 aromatic carbocycles. The maximum atomic E-state index is 13.3. The number of carbonyl (C=O) groups is 3. The fourth-order valence-electron chi connectivity index (χ4n) is 5.45. The first kappa shape index (κ1) is 15.1. The zero-order chi connectivity index (χ0) is 17.2. The zero-order valence-corrected chi connectivity index (χ0v) is 14.0. The van der Waals surface area contributed by atoms with Crippen LogP contribution in [0, 0.1) is 11.8 Å². The molecule has 1 aliphatic carbocycles. The predicted molar refractivity (Wildman–Crippen MR) is 89.2 cm³/mol. The SMILES string of the molecule is O=C1[C@@H]2[C@@H](C[NH2+][C@]23C(=O)Nc2ccccc23)C(=O)N1C1CCCCC1. The van der Waals surface area contributed by atoms with Crippen molar-refractivity contribution in [2.45, 2.75) is 43.7 Å². The molecule has 5 rings (SSSR count). The first-order chi connectivity index (χ1) is 12.1. The summed E-state index contributed by atoms with van der Waals surface area (Å²) < 4.78 is 0. The van der Waals surface area contributed by atoms with Crippen LogP contribution in [0.25, 0.3) is 0 Å². The predicted octanol–water partition coefficient (Wildman–Crippen LogP) is 0.345. The van der Waals surface area contributed by atoms with Crippen LogP contribution in [0.2, 0.25) is 0 Å². The lowest BCUT2D eigenvalue weighted by atomic mass is 9.77. The summed E-state index contributed by atoms with van der Waals surface area (Å²) in [6, 6.07) is 7.56. The van der Waals surface area contributed by atoms with Crippen molar-refractivity contribution in [3.05, 3.63) is 29.8 Å². The van der Waals surface area contributed by atoms with Crippen LogP contribution in [0.1, 0.15) is 37.7 Å². The zero-order valence-electron chi connectivity index (χ0n) is 14.0. The van der Waals surface area contributed by atoms with Crippen molar-refractivity contribution in [1.29, 1.82) is 0 Å². The molecule has 0 unspecified atom stereocenters. The van der Waals surface area contributed by atoms with Crippen LogP contribution in [-0.4, -0.2) is 35.2 Å². The number of fused-ring (bicyclic) bond motifs is 4. The van der Waals surface area contributed by atoms with Crippen molar-refractivity contribution in [2.75, 3.05) is 11.9 Å². The fourth-order valence-corrected chi connectivity index (χ4v) is 5.45. The first-order valence-electron chi connectivity index (χ1n) is 9.27. The standard InChI is InChI=1S/C19H21N3O3/c23-16-12-10-20-19(13-8-4-5-9-14(13)21-18(19)25)15(12)17(24)22(16)11-6-2-1-3-7-11/h4-5,8-9,11-12,15,20H,1-3,6-7,10H2,(H,21,25)/p+1/t12-,15+,19+/m1/s1. The van der Waals surface area contributed by atoms with Crippen LogP contribution in [0.15, 0.2) is 24.3 Å². The van der Waals surface area contributed by atoms with Gasteiger partial charge in [0.05, 0.1) is 12.2 Å². The van der Waals surface area contributed by atoms with Crippen LogP contribution in [0.3, 0.4) is 0 Å². The summed E-state index contributed by atoms with van der Waals surface area (Å²) in [4.78, 5) is 40.8. The number of nitrogens with one attached hydrogen (secondary N) is 1. The van der Waals surface area contributed by atoms with E-state index in [0.717, 1.165) is 36.9 Å². The Hall–Kier alpha value is -2.21. The van der Waals surface area contributed by atoms with Gasteiger partial charge >= 0.3 is 0 Å². The van der Waals surface area contributed by atoms with Crippen molar-refractivity contribution < 1.29 is 19.7 Å². The summed E-state index contributed by atoms with van der Waals surface area (Å²) in [5, 5.41) is 4.83. The lowest BCUT2D eigenvalue weighted by Gasteiger charge is -2.31. The summed E-state index contributed by atoms with van der Waals surface area (Å²) in [7, 11) is 0. The highest BCUT2D eigenvalue weighted by atomic mass is 16.2. The van der Waals surface area contributed by atoms with E-state index in [1.165, 1.54) is 11.3 Å². The molecule has 25 heavy (non-hydrogen) atoms. The number of carbonyl (C=O) groups excluding carboxylic acids is 3. The fraction of sp³-hybridized carbons (Fsp3) is 0.526. The average Bonchev–Trinajstić information content (AvgIpc) is 3.24. The molecule has 3 atom stereocenters. The molecular formula is C19H22N3O3+. The number of likely N-dealkylation sites (tertiary alicyclic amines) is 1. The molecule has 0 aromatic heterocycles. The van der Waals surface area contributed by atoms with Gasteiger partial charge in [0.25, 0.3) is 5.91 Å². The summed E-state index contributed by atoms with van der Waals surface area (Å²) in [5.41, 5.74) is 0.636. The van der Waals surface area contributed by atoms with Crippen LogP contribution >= 0.6 is 0 Å². The van der Waals surface area contributed by atoms with E-state index >= 15 is 0 Å². The van der Waals surface area contributed by atoms with Gasteiger partial charge in [-0.05, 0) is 18.9 Å². The molecule has 0 bridgehead atoms. The Morgan fingerprint density at radius 3 is 2.60 bits per heavy atom. The van der Waals surface area contributed by atoms with E-state index < -0.39 is 11.5 Å². The minimum atomic E-state index is -0.975. The number of para-hydroxylation sites is 1. The van der Waals surface area contributed by atoms with Crippen LogP contribution < -0.4 is 10.6 Å². The maximum Gasteiger partial charge on any atom is 0.291 e.